The molecule has 0 atom stereocenters. The van der Waals surface area contributed by atoms with Gasteiger partial charge in [0.2, 0.25) is 10.0 Å². The van der Waals surface area contributed by atoms with Crippen LogP contribution in [0, 0.1) is 32.5 Å². The van der Waals surface area contributed by atoms with Crippen molar-refractivity contribution in [2.45, 2.75) is 38.5 Å². The van der Waals surface area contributed by atoms with Gasteiger partial charge in [0.05, 0.1) is 15.8 Å². The van der Waals surface area contributed by atoms with Crippen LogP contribution in [-0.4, -0.2) is 44.3 Å². The highest BCUT2D eigenvalue weighted by Gasteiger charge is 2.34. The van der Waals surface area contributed by atoms with Gasteiger partial charge in [-0.25, -0.2) is 12.8 Å². The predicted octanol–water partition coefficient (Wildman–Crippen LogP) is 3.99. The molecule has 0 radical (unpaired) electrons. The third-order valence-electron chi connectivity index (χ3n) is 5.54. The van der Waals surface area contributed by atoms with E-state index in [0.29, 0.717) is 28.9 Å². The van der Waals surface area contributed by atoms with E-state index < -0.39 is 40.2 Å². The van der Waals surface area contributed by atoms with E-state index >= 15 is 0 Å². The van der Waals surface area contributed by atoms with Gasteiger partial charge in [0.25, 0.3) is 5.91 Å². The Morgan fingerprint density at radius 2 is 1.73 bits per heavy atom. The van der Waals surface area contributed by atoms with Gasteiger partial charge in [-0.3, -0.25) is 9.59 Å². The lowest BCUT2D eigenvalue weighted by atomic mass is 9.98. The molecule has 2 aromatic carbocycles. The normalized spacial score (nSPS) is 15.3. The molecule has 0 aromatic heterocycles. The van der Waals surface area contributed by atoms with Crippen molar-refractivity contribution in [1.29, 1.82) is 0 Å². The van der Waals surface area contributed by atoms with Crippen LogP contribution >= 0.6 is 11.6 Å². The fourth-order valence-corrected chi connectivity index (χ4v) is 6.12. The van der Waals surface area contributed by atoms with Gasteiger partial charge in [-0.1, -0.05) is 29.3 Å². The van der Waals surface area contributed by atoms with Crippen molar-refractivity contribution in [3.8, 4) is 0 Å². The number of rotatable bonds is 6. The van der Waals surface area contributed by atoms with Crippen LogP contribution in [0.5, 0.6) is 0 Å². The Kier molecular flexibility index (Phi) is 7.76. The average molecular weight is 497 g/mol. The second-order valence-corrected chi connectivity index (χ2v) is 10.5. The molecular formula is C23H26ClFN2O5S. The van der Waals surface area contributed by atoms with Gasteiger partial charge in [0.15, 0.2) is 6.61 Å². The number of nitrogens with zero attached hydrogens (tertiary/aromatic N) is 1. The third kappa shape index (κ3) is 5.90. The number of esters is 1. The SMILES string of the molecule is Cc1cc(C)c(S(=O)(=O)N2CCC(C(=O)OCC(=O)Nc3ccc(F)c(Cl)c3)CC2)c(C)c1. The molecule has 0 aliphatic carbocycles. The Bertz CT molecular complexity index is 1150. The molecule has 1 saturated heterocycles. The topological polar surface area (TPSA) is 92.8 Å². The highest BCUT2D eigenvalue weighted by atomic mass is 35.5. The lowest BCUT2D eigenvalue weighted by molar-refractivity contribution is -0.152. The van der Waals surface area contributed by atoms with Crippen molar-refractivity contribution in [1.82, 2.24) is 4.31 Å². The quantitative estimate of drug-likeness (QED) is 0.610. The van der Waals surface area contributed by atoms with Crippen molar-refractivity contribution in [2.24, 2.45) is 5.92 Å². The van der Waals surface area contributed by atoms with Crippen molar-refractivity contribution in [3.63, 3.8) is 0 Å². The number of aryl methyl sites for hydroxylation is 3. The predicted molar refractivity (Wildman–Crippen MR) is 123 cm³/mol. The highest BCUT2D eigenvalue weighted by Crippen LogP contribution is 2.29. The van der Waals surface area contributed by atoms with Crippen molar-refractivity contribution in [2.75, 3.05) is 25.0 Å². The standard InChI is InChI=1S/C23H26ClFN2O5S/c1-14-10-15(2)22(16(3)11-14)33(30,31)27-8-6-17(7-9-27)23(29)32-13-21(28)26-18-4-5-20(25)19(24)12-18/h4-5,10-12,17H,6-9,13H2,1-3H3,(H,26,28). The Balaban J connectivity index is 1.53. The number of ether oxygens (including phenoxy) is 1. The minimum atomic E-state index is -3.68. The van der Waals surface area contributed by atoms with Crippen LogP contribution in [0.2, 0.25) is 5.02 Å². The number of carbonyl (C=O) groups excluding carboxylic acids is 2. The molecule has 33 heavy (non-hydrogen) atoms. The molecule has 178 valence electrons. The maximum absolute atomic E-state index is 13.2. The van der Waals surface area contributed by atoms with Crippen molar-refractivity contribution >= 4 is 39.2 Å². The molecule has 3 rings (SSSR count). The molecule has 0 spiro atoms. The van der Waals surface area contributed by atoms with Crippen LogP contribution in [-0.2, 0) is 24.3 Å². The van der Waals surface area contributed by atoms with Crippen LogP contribution in [0.4, 0.5) is 10.1 Å². The maximum atomic E-state index is 13.2. The zero-order valence-electron chi connectivity index (χ0n) is 18.7. The van der Waals surface area contributed by atoms with Crippen LogP contribution in [0.15, 0.2) is 35.2 Å². The summed E-state index contributed by atoms with van der Waals surface area (Å²) >= 11 is 5.67. The summed E-state index contributed by atoms with van der Waals surface area (Å²) < 4.78 is 46.0. The molecule has 0 saturated carbocycles. The number of carbonyl (C=O) groups is 2. The molecule has 1 heterocycles. The first kappa shape index (κ1) is 25.1. The first-order chi connectivity index (χ1) is 15.5. The number of sulfonamides is 1. The Morgan fingerprint density at radius 1 is 1.12 bits per heavy atom. The van der Waals surface area contributed by atoms with Crippen LogP contribution in [0.1, 0.15) is 29.5 Å². The molecular weight excluding hydrogens is 471 g/mol. The Hall–Kier alpha value is -2.49. The van der Waals surface area contributed by atoms with Gasteiger partial charge in [-0.15, -0.1) is 0 Å². The van der Waals surface area contributed by atoms with E-state index in [2.05, 4.69) is 5.32 Å². The zero-order valence-corrected chi connectivity index (χ0v) is 20.2. The Labute approximate surface area is 197 Å². The minimum absolute atomic E-state index is 0.137. The summed E-state index contributed by atoms with van der Waals surface area (Å²) in [7, 11) is -3.68. The van der Waals surface area contributed by atoms with Crippen LogP contribution < -0.4 is 5.32 Å². The van der Waals surface area contributed by atoms with Crippen LogP contribution in [0.25, 0.3) is 0 Å². The fraction of sp³-hybridized carbons (Fsp3) is 0.391. The number of hydrogen-bond donors (Lipinski definition) is 1. The summed E-state index contributed by atoms with van der Waals surface area (Å²) in [5.41, 5.74) is 2.67. The summed E-state index contributed by atoms with van der Waals surface area (Å²) in [6, 6.07) is 7.40. The molecule has 10 heteroatoms. The lowest BCUT2D eigenvalue weighted by Gasteiger charge is -2.31. The first-order valence-electron chi connectivity index (χ1n) is 10.5. The first-order valence-corrected chi connectivity index (χ1v) is 12.3. The van der Waals surface area contributed by atoms with Gasteiger partial charge in [-0.2, -0.15) is 4.31 Å². The number of piperidine rings is 1. The zero-order chi connectivity index (χ0) is 24.3. The molecule has 1 amide bonds. The average Bonchev–Trinajstić information content (AvgIpc) is 2.74. The number of benzene rings is 2. The van der Waals surface area contributed by atoms with Crippen molar-refractivity contribution in [3.05, 3.63) is 57.9 Å². The smallest absolute Gasteiger partial charge is 0.309 e. The number of hydrogen-bond acceptors (Lipinski definition) is 5. The number of amides is 1. The van der Waals surface area contributed by atoms with E-state index in [-0.39, 0.29) is 23.8 Å². The monoisotopic (exact) mass is 496 g/mol. The summed E-state index contributed by atoms with van der Waals surface area (Å²) in [6.45, 7) is 5.35. The van der Waals surface area contributed by atoms with Gasteiger partial charge in [0.1, 0.15) is 5.82 Å². The maximum Gasteiger partial charge on any atom is 0.309 e. The third-order valence-corrected chi connectivity index (χ3v) is 8.03. The molecule has 1 N–H and O–H groups in total. The van der Waals surface area contributed by atoms with Gasteiger partial charge in [0, 0.05) is 18.8 Å². The Morgan fingerprint density at radius 3 is 2.30 bits per heavy atom. The van der Waals surface area contributed by atoms with Crippen LogP contribution in [0.3, 0.4) is 0 Å². The molecule has 7 nitrogen and oxygen atoms in total. The minimum Gasteiger partial charge on any atom is -0.455 e. The van der Waals surface area contributed by atoms with E-state index in [1.165, 1.54) is 16.4 Å². The fourth-order valence-electron chi connectivity index (χ4n) is 4.06. The van der Waals surface area contributed by atoms with E-state index in [1.807, 2.05) is 19.1 Å². The number of halogens is 2. The van der Waals surface area contributed by atoms with Gasteiger partial charge < -0.3 is 10.1 Å². The van der Waals surface area contributed by atoms with E-state index in [9.17, 15) is 22.4 Å². The van der Waals surface area contributed by atoms with E-state index in [1.54, 1.807) is 13.8 Å². The lowest BCUT2D eigenvalue weighted by Crippen LogP contribution is -2.41. The van der Waals surface area contributed by atoms with E-state index in [4.69, 9.17) is 16.3 Å². The molecule has 1 fully saturated rings. The second kappa shape index (κ2) is 10.2. The molecule has 0 unspecified atom stereocenters. The molecule has 1 aliphatic rings. The second-order valence-electron chi connectivity index (χ2n) is 8.19. The summed E-state index contributed by atoms with van der Waals surface area (Å²) in [6.07, 6.45) is 0.606. The number of anilines is 1. The van der Waals surface area contributed by atoms with Gasteiger partial charge in [-0.05, 0) is 62.9 Å². The molecule has 1 aliphatic heterocycles. The van der Waals surface area contributed by atoms with Crippen molar-refractivity contribution < 1.29 is 27.1 Å². The largest absolute Gasteiger partial charge is 0.455 e. The molecule has 0 bridgehead atoms. The van der Waals surface area contributed by atoms with Gasteiger partial charge >= 0.3 is 5.97 Å². The summed E-state index contributed by atoms with van der Waals surface area (Å²) in [5.74, 6) is -2.25. The van der Waals surface area contributed by atoms with E-state index in [0.717, 1.165) is 11.6 Å². The number of nitrogens with one attached hydrogen (secondary N) is 1. The highest BCUT2D eigenvalue weighted by molar-refractivity contribution is 7.89. The summed E-state index contributed by atoms with van der Waals surface area (Å²) in [4.78, 5) is 24.7. The summed E-state index contributed by atoms with van der Waals surface area (Å²) in [5, 5.41) is 2.34. The molecule has 2 aromatic rings.